The van der Waals surface area contributed by atoms with Crippen molar-refractivity contribution < 1.29 is 14.9 Å². The number of aliphatic hydroxyl groups is 2. The molecule has 2 atom stereocenters. The Balaban J connectivity index is 1.93. The summed E-state index contributed by atoms with van der Waals surface area (Å²) in [7, 11) is 1.65. The standard InChI is InChI=1S/C22H34N6O3/c1-14(2)28-13-24-19-20(23-10-17-6-8-18(31-5)9-7-17)25-22(26-21(19)28)27(11-15(3)29)12-16(4)30/h6-9,14-16,24,29-30H,10-13H2,1-5H3,(H,23,25,26). The van der Waals surface area contributed by atoms with E-state index in [-0.39, 0.29) is 6.04 Å². The Hall–Kier alpha value is -2.78. The van der Waals surface area contributed by atoms with Gasteiger partial charge in [0.05, 0.1) is 26.0 Å². The number of nitrogens with zero attached hydrogens (tertiary/aromatic N) is 4. The van der Waals surface area contributed by atoms with Crippen molar-refractivity contribution >= 4 is 23.3 Å². The van der Waals surface area contributed by atoms with Gasteiger partial charge in [0.25, 0.3) is 0 Å². The van der Waals surface area contributed by atoms with Crippen molar-refractivity contribution in [1.82, 2.24) is 9.97 Å². The fraction of sp³-hybridized carbons (Fsp3) is 0.545. The summed E-state index contributed by atoms with van der Waals surface area (Å²) in [6, 6.07) is 8.13. The van der Waals surface area contributed by atoms with Crippen LogP contribution in [-0.4, -0.2) is 65.3 Å². The zero-order valence-electron chi connectivity index (χ0n) is 19.0. The third-order valence-electron chi connectivity index (χ3n) is 5.07. The molecule has 0 amide bonds. The molecule has 0 spiro atoms. The molecule has 2 heterocycles. The van der Waals surface area contributed by atoms with Crippen molar-refractivity contribution in [3.8, 4) is 5.75 Å². The third-order valence-corrected chi connectivity index (χ3v) is 5.07. The Morgan fingerprint density at radius 2 is 1.74 bits per heavy atom. The van der Waals surface area contributed by atoms with Gasteiger partial charge in [-0.2, -0.15) is 9.97 Å². The lowest BCUT2D eigenvalue weighted by Gasteiger charge is -2.28. The molecule has 1 aliphatic rings. The van der Waals surface area contributed by atoms with Gasteiger partial charge in [-0.15, -0.1) is 0 Å². The first-order valence-electron chi connectivity index (χ1n) is 10.7. The molecular weight excluding hydrogens is 396 g/mol. The number of nitrogens with one attached hydrogen (secondary N) is 2. The van der Waals surface area contributed by atoms with Gasteiger partial charge in [-0.1, -0.05) is 12.1 Å². The topological polar surface area (TPSA) is 106 Å². The number of hydrogen-bond donors (Lipinski definition) is 4. The fourth-order valence-electron chi connectivity index (χ4n) is 3.55. The van der Waals surface area contributed by atoms with Crippen LogP contribution in [0.3, 0.4) is 0 Å². The van der Waals surface area contributed by atoms with Crippen LogP contribution in [0.1, 0.15) is 33.3 Å². The molecule has 1 aromatic carbocycles. The highest BCUT2D eigenvalue weighted by atomic mass is 16.5. The second-order valence-electron chi connectivity index (χ2n) is 8.27. The Morgan fingerprint density at radius 1 is 1.10 bits per heavy atom. The smallest absolute Gasteiger partial charge is 0.229 e. The number of rotatable bonds is 10. The van der Waals surface area contributed by atoms with E-state index in [1.54, 1.807) is 21.0 Å². The summed E-state index contributed by atoms with van der Waals surface area (Å²) >= 11 is 0. The monoisotopic (exact) mass is 430 g/mol. The molecule has 0 aliphatic carbocycles. The largest absolute Gasteiger partial charge is 0.497 e. The maximum Gasteiger partial charge on any atom is 0.229 e. The van der Waals surface area contributed by atoms with E-state index >= 15 is 0 Å². The van der Waals surface area contributed by atoms with E-state index in [0.717, 1.165) is 22.8 Å². The summed E-state index contributed by atoms with van der Waals surface area (Å²) < 4.78 is 5.23. The van der Waals surface area contributed by atoms with E-state index in [9.17, 15) is 10.2 Å². The minimum Gasteiger partial charge on any atom is -0.497 e. The van der Waals surface area contributed by atoms with E-state index in [1.165, 1.54) is 0 Å². The number of hydrogen-bond acceptors (Lipinski definition) is 9. The molecule has 0 fully saturated rings. The lowest BCUT2D eigenvalue weighted by Crippen LogP contribution is -2.38. The number of fused-ring (bicyclic) bond motifs is 1. The Bertz CT molecular complexity index is 847. The van der Waals surface area contributed by atoms with Crippen molar-refractivity contribution in [3.05, 3.63) is 29.8 Å². The molecule has 31 heavy (non-hydrogen) atoms. The van der Waals surface area contributed by atoms with E-state index < -0.39 is 12.2 Å². The van der Waals surface area contributed by atoms with Gasteiger partial charge in [0.2, 0.25) is 5.95 Å². The van der Waals surface area contributed by atoms with Crippen LogP contribution in [-0.2, 0) is 6.54 Å². The minimum atomic E-state index is -0.578. The SMILES string of the molecule is COc1ccc(CNc2nc(N(CC(C)O)CC(C)O)nc3c2NCN3C(C)C)cc1. The van der Waals surface area contributed by atoms with Crippen LogP contribution in [0.2, 0.25) is 0 Å². The van der Waals surface area contributed by atoms with Gasteiger partial charge in [0.1, 0.15) is 11.4 Å². The van der Waals surface area contributed by atoms with E-state index in [4.69, 9.17) is 14.7 Å². The van der Waals surface area contributed by atoms with Crippen molar-refractivity contribution in [2.75, 3.05) is 47.3 Å². The number of methoxy groups -OCH3 is 1. The van der Waals surface area contributed by atoms with Crippen molar-refractivity contribution in [2.24, 2.45) is 0 Å². The molecule has 9 heteroatoms. The molecule has 2 aromatic rings. The molecule has 0 saturated carbocycles. The number of benzene rings is 1. The maximum atomic E-state index is 9.97. The van der Waals surface area contributed by atoms with Crippen molar-refractivity contribution in [2.45, 2.75) is 52.5 Å². The van der Waals surface area contributed by atoms with Gasteiger partial charge in [-0.05, 0) is 45.4 Å². The van der Waals surface area contributed by atoms with Gasteiger partial charge in [0.15, 0.2) is 11.6 Å². The zero-order chi connectivity index (χ0) is 22.5. The summed E-state index contributed by atoms with van der Waals surface area (Å²) in [5.74, 6) is 2.81. The number of ether oxygens (including phenoxy) is 1. The second-order valence-corrected chi connectivity index (χ2v) is 8.27. The first kappa shape index (κ1) is 22.9. The van der Waals surface area contributed by atoms with Crippen LogP contribution in [0, 0.1) is 0 Å². The lowest BCUT2D eigenvalue weighted by atomic mass is 10.2. The summed E-state index contributed by atoms with van der Waals surface area (Å²) in [5, 5.41) is 26.8. The first-order valence-corrected chi connectivity index (χ1v) is 10.7. The molecule has 1 aromatic heterocycles. The Morgan fingerprint density at radius 3 is 2.29 bits per heavy atom. The summed E-state index contributed by atoms with van der Waals surface area (Å²) in [6.45, 7) is 9.56. The van der Waals surface area contributed by atoms with E-state index in [1.807, 2.05) is 29.2 Å². The normalized spacial score (nSPS) is 14.8. The lowest BCUT2D eigenvalue weighted by molar-refractivity contribution is 0.177. The average molecular weight is 431 g/mol. The minimum absolute atomic E-state index is 0.257. The van der Waals surface area contributed by atoms with Gasteiger partial charge >= 0.3 is 0 Å². The molecule has 2 unspecified atom stereocenters. The van der Waals surface area contributed by atoms with Crippen molar-refractivity contribution in [1.29, 1.82) is 0 Å². The van der Waals surface area contributed by atoms with Crippen LogP contribution < -0.4 is 25.2 Å². The van der Waals surface area contributed by atoms with Gasteiger partial charge in [-0.25, -0.2) is 0 Å². The zero-order valence-corrected chi connectivity index (χ0v) is 19.0. The fourth-order valence-corrected chi connectivity index (χ4v) is 3.55. The van der Waals surface area contributed by atoms with Crippen LogP contribution in [0.5, 0.6) is 5.75 Å². The van der Waals surface area contributed by atoms with E-state index in [0.29, 0.717) is 38.1 Å². The maximum absolute atomic E-state index is 9.97. The van der Waals surface area contributed by atoms with Crippen molar-refractivity contribution in [3.63, 3.8) is 0 Å². The van der Waals surface area contributed by atoms with Gasteiger partial charge in [-0.3, -0.25) is 0 Å². The molecule has 4 N–H and O–H groups in total. The van der Waals surface area contributed by atoms with Crippen LogP contribution in [0.25, 0.3) is 0 Å². The quantitative estimate of drug-likeness (QED) is 0.452. The highest BCUT2D eigenvalue weighted by molar-refractivity contribution is 5.83. The average Bonchev–Trinajstić information content (AvgIpc) is 3.15. The number of anilines is 4. The van der Waals surface area contributed by atoms with Gasteiger partial charge < -0.3 is 35.4 Å². The van der Waals surface area contributed by atoms with Gasteiger partial charge in [0, 0.05) is 25.7 Å². The first-order chi connectivity index (χ1) is 14.8. The molecule has 3 rings (SSSR count). The molecule has 0 radical (unpaired) electrons. The predicted molar refractivity (Wildman–Crippen MR) is 124 cm³/mol. The second kappa shape index (κ2) is 10.0. The molecular formula is C22H34N6O3. The molecule has 0 saturated heterocycles. The van der Waals surface area contributed by atoms with E-state index in [2.05, 4.69) is 29.4 Å². The summed E-state index contributed by atoms with van der Waals surface area (Å²) in [6.07, 6.45) is -1.16. The summed E-state index contributed by atoms with van der Waals surface area (Å²) in [4.78, 5) is 13.6. The van der Waals surface area contributed by atoms with Crippen LogP contribution in [0.15, 0.2) is 24.3 Å². The highest BCUT2D eigenvalue weighted by Crippen LogP contribution is 2.38. The summed E-state index contributed by atoms with van der Waals surface area (Å²) in [5.41, 5.74) is 1.96. The highest BCUT2D eigenvalue weighted by Gasteiger charge is 2.29. The Labute approximate surface area is 184 Å². The van der Waals surface area contributed by atoms with Crippen LogP contribution in [0.4, 0.5) is 23.3 Å². The molecule has 9 nitrogen and oxygen atoms in total. The predicted octanol–water partition coefficient (Wildman–Crippen LogP) is 2.26. The number of aliphatic hydroxyl groups excluding tert-OH is 2. The molecule has 170 valence electrons. The third kappa shape index (κ3) is 5.68. The molecule has 1 aliphatic heterocycles. The number of aromatic nitrogens is 2. The Kier molecular flexibility index (Phi) is 7.40. The van der Waals surface area contributed by atoms with Crippen LogP contribution >= 0.6 is 0 Å². The molecule has 0 bridgehead atoms.